The van der Waals surface area contributed by atoms with Crippen LogP contribution in [0.4, 0.5) is 5.69 Å². The lowest BCUT2D eigenvalue weighted by molar-refractivity contribution is -0.113. The summed E-state index contributed by atoms with van der Waals surface area (Å²) >= 11 is 1.36. The molecule has 1 heterocycles. The lowest BCUT2D eigenvalue weighted by Crippen LogP contribution is -2.29. The first-order valence-corrected chi connectivity index (χ1v) is 12.7. The van der Waals surface area contributed by atoms with E-state index in [1.165, 1.54) is 18.2 Å². The molecule has 0 bridgehead atoms. The zero-order valence-corrected chi connectivity index (χ0v) is 19.7. The molecular formula is C26H31N3O2S. The van der Waals surface area contributed by atoms with Crippen molar-refractivity contribution in [2.24, 2.45) is 0 Å². The number of carbonyl (C=O) groups is 1. The Bertz CT molecular complexity index is 1140. The third kappa shape index (κ3) is 4.75. The molecule has 1 N–H and O–H groups in total. The van der Waals surface area contributed by atoms with Crippen molar-refractivity contribution >= 4 is 34.3 Å². The van der Waals surface area contributed by atoms with Gasteiger partial charge >= 0.3 is 0 Å². The summed E-state index contributed by atoms with van der Waals surface area (Å²) in [5.74, 6) is 0.154. The van der Waals surface area contributed by atoms with Crippen molar-refractivity contribution in [2.75, 3.05) is 11.1 Å². The molecule has 32 heavy (non-hydrogen) atoms. The first kappa shape index (κ1) is 22.6. The Kier molecular flexibility index (Phi) is 7.30. The summed E-state index contributed by atoms with van der Waals surface area (Å²) in [7, 11) is 0. The molecule has 1 aliphatic rings. The van der Waals surface area contributed by atoms with Gasteiger partial charge in [-0.2, -0.15) is 0 Å². The fourth-order valence-electron chi connectivity index (χ4n) is 4.60. The average Bonchev–Trinajstić information content (AvgIpc) is 2.83. The normalized spacial score (nSPS) is 14.6. The minimum absolute atomic E-state index is 0.00926. The Morgan fingerprint density at radius 2 is 1.72 bits per heavy atom. The van der Waals surface area contributed by atoms with Gasteiger partial charge in [-0.05, 0) is 48.9 Å². The minimum atomic E-state index is -0.0665. The van der Waals surface area contributed by atoms with Gasteiger partial charge in [0.25, 0.3) is 5.56 Å². The van der Waals surface area contributed by atoms with Crippen LogP contribution < -0.4 is 10.9 Å². The highest BCUT2D eigenvalue weighted by atomic mass is 32.2. The monoisotopic (exact) mass is 449 g/mol. The molecule has 3 aromatic rings. The van der Waals surface area contributed by atoms with Crippen LogP contribution in [-0.2, 0) is 17.6 Å². The fraction of sp³-hybridized carbons (Fsp3) is 0.423. The van der Waals surface area contributed by atoms with Gasteiger partial charge in [0.1, 0.15) is 0 Å². The van der Waals surface area contributed by atoms with Crippen molar-refractivity contribution in [2.45, 2.75) is 70.0 Å². The summed E-state index contributed by atoms with van der Waals surface area (Å²) in [6.07, 6.45) is 7.18. The van der Waals surface area contributed by atoms with E-state index < -0.39 is 0 Å². The number of hydrogen-bond acceptors (Lipinski definition) is 4. The van der Waals surface area contributed by atoms with Crippen molar-refractivity contribution in [3.63, 3.8) is 0 Å². The number of nitrogens with zero attached hydrogens (tertiary/aromatic N) is 2. The molecule has 2 aromatic carbocycles. The van der Waals surface area contributed by atoms with E-state index in [0.29, 0.717) is 16.1 Å². The molecule has 0 aliphatic heterocycles. The SMILES string of the molecule is CCc1cccc(CC)c1NC(=O)CSc1nc2ccccc2c(=O)n1C1CCCCC1. The maximum Gasteiger partial charge on any atom is 0.262 e. The molecule has 0 atom stereocenters. The molecule has 1 amide bonds. The van der Waals surface area contributed by atoms with Gasteiger partial charge in [-0.25, -0.2) is 4.98 Å². The van der Waals surface area contributed by atoms with Crippen LogP contribution in [0.15, 0.2) is 52.4 Å². The maximum atomic E-state index is 13.4. The van der Waals surface area contributed by atoms with Crippen LogP contribution >= 0.6 is 11.8 Å². The number of nitrogens with one attached hydrogen (secondary N) is 1. The lowest BCUT2D eigenvalue weighted by atomic mass is 9.95. The third-order valence-corrected chi connectivity index (χ3v) is 7.26. The molecule has 1 aromatic heterocycles. The van der Waals surface area contributed by atoms with E-state index in [-0.39, 0.29) is 23.3 Å². The number of aromatic nitrogens is 2. The third-order valence-electron chi connectivity index (χ3n) is 6.31. The van der Waals surface area contributed by atoms with E-state index in [2.05, 4.69) is 31.3 Å². The molecule has 0 unspecified atom stereocenters. The van der Waals surface area contributed by atoms with Gasteiger partial charge in [-0.3, -0.25) is 14.2 Å². The lowest BCUT2D eigenvalue weighted by Gasteiger charge is -2.26. The molecule has 6 heteroatoms. The number of amides is 1. The number of rotatable bonds is 7. The standard InChI is InChI=1S/C26H31N3O2S/c1-3-18-11-10-12-19(4-2)24(18)28-23(30)17-32-26-27-22-16-9-8-15-21(22)25(31)29(26)20-13-6-5-7-14-20/h8-12,15-16,20H,3-7,13-14,17H2,1-2H3,(H,28,30). The fourth-order valence-corrected chi connectivity index (χ4v) is 5.46. The van der Waals surface area contributed by atoms with E-state index in [4.69, 9.17) is 4.98 Å². The highest BCUT2D eigenvalue weighted by Crippen LogP contribution is 2.31. The Morgan fingerprint density at radius 3 is 2.41 bits per heavy atom. The highest BCUT2D eigenvalue weighted by molar-refractivity contribution is 7.99. The molecule has 1 fully saturated rings. The maximum absolute atomic E-state index is 13.4. The van der Waals surface area contributed by atoms with Crippen LogP contribution in [0.1, 0.15) is 63.1 Å². The van der Waals surface area contributed by atoms with Gasteiger partial charge in [-0.15, -0.1) is 0 Å². The molecule has 5 nitrogen and oxygen atoms in total. The molecule has 1 saturated carbocycles. The van der Waals surface area contributed by atoms with Gasteiger partial charge in [-0.1, -0.05) is 75.2 Å². The van der Waals surface area contributed by atoms with Crippen LogP contribution in [0.2, 0.25) is 0 Å². The van der Waals surface area contributed by atoms with E-state index in [9.17, 15) is 9.59 Å². The van der Waals surface area contributed by atoms with E-state index in [0.717, 1.165) is 55.3 Å². The number of thioether (sulfide) groups is 1. The predicted octanol–water partition coefficient (Wildman–Crippen LogP) is 5.76. The van der Waals surface area contributed by atoms with Crippen molar-refractivity contribution in [3.8, 4) is 0 Å². The Labute approximate surface area is 193 Å². The second-order valence-electron chi connectivity index (χ2n) is 8.37. The van der Waals surface area contributed by atoms with E-state index in [1.807, 2.05) is 34.9 Å². The van der Waals surface area contributed by atoms with Crippen molar-refractivity contribution in [1.82, 2.24) is 9.55 Å². The van der Waals surface area contributed by atoms with Crippen molar-refractivity contribution in [1.29, 1.82) is 0 Å². The number of benzene rings is 2. The summed E-state index contributed by atoms with van der Waals surface area (Å²) in [5, 5.41) is 4.42. The second kappa shape index (κ2) is 10.3. The molecule has 168 valence electrons. The first-order valence-electron chi connectivity index (χ1n) is 11.7. The van der Waals surface area contributed by atoms with Crippen LogP contribution in [0, 0.1) is 0 Å². The summed E-state index contributed by atoms with van der Waals surface area (Å²) in [5.41, 5.74) is 3.92. The quantitative estimate of drug-likeness (QED) is 0.368. The smallest absolute Gasteiger partial charge is 0.262 e. The average molecular weight is 450 g/mol. The van der Waals surface area contributed by atoms with Gasteiger partial charge in [0, 0.05) is 11.7 Å². The molecule has 1 aliphatic carbocycles. The van der Waals surface area contributed by atoms with Gasteiger partial charge in [0.2, 0.25) is 5.91 Å². The summed E-state index contributed by atoms with van der Waals surface area (Å²) < 4.78 is 1.86. The second-order valence-corrected chi connectivity index (χ2v) is 9.32. The van der Waals surface area contributed by atoms with E-state index >= 15 is 0 Å². The first-order chi connectivity index (χ1) is 15.6. The topological polar surface area (TPSA) is 64.0 Å². The summed E-state index contributed by atoms with van der Waals surface area (Å²) in [6, 6.07) is 13.8. The Hall–Kier alpha value is -2.60. The van der Waals surface area contributed by atoms with Gasteiger partial charge in [0.15, 0.2) is 5.16 Å². The van der Waals surface area contributed by atoms with E-state index in [1.54, 1.807) is 0 Å². The summed E-state index contributed by atoms with van der Waals surface area (Å²) in [6.45, 7) is 4.20. The molecule has 4 rings (SSSR count). The largest absolute Gasteiger partial charge is 0.325 e. The number of anilines is 1. The molecule has 0 saturated heterocycles. The molecule has 0 radical (unpaired) electrons. The molecule has 0 spiro atoms. The van der Waals surface area contributed by atoms with Crippen molar-refractivity contribution < 1.29 is 4.79 Å². The van der Waals surface area contributed by atoms with Gasteiger partial charge in [0.05, 0.1) is 16.7 Å². The Morgan fingerprint density at radius 1 is 1.03 bits per heavy atom. The number of aryl methyl sites for hydroxylation is 2. The van der Waals surface area contributed by atoms with Crippen LogP contribution in [-0.4, -0.2) is 21.2 Å². The predicted molar refractivity (Wildman–Crippen MR) is 133 cm³/mol. The van der Waals surface area contributed by atoms with Crippen LogP contribution in [0.25, 0.3) is 10.9 Å². The summed E-state index contributed by atoms with van der Waals surface area (Å²) in [4.78, 5) is 31.1. The van der Waals surface area contributed by atoms with Crippen LogP contribution in [0.5, 0.6) is 0 Å². The van der Waals surface area contributed by atoms with Gasteiger partial charge < -0.3 is 5.32 Å². The zero-order valence-electron chi connectivity index (χ0n) is 18.9. The highest BCUT2D eigenvalue weighted by Gasteiger charge is 2.22. The van der Waals surface area contributed by atoms with Crippen LogP contribution in [0.3, 0.4) is 0 Å². The number of hydrogen-bond donors (Lipinski definition) is 1. The minimum Gasteiger partial charge on any atom is -0.325 e. The number of fused-ring (bicyclic) bond motifs is 1. The van der Waals surface area contributed by atoms with Crippen molar-refractivity contribution in [3.05, 3.63) is 63.9 Å². The number of carbonyl (C=O) groups excluding carboxylic acids is 1. The number of para-hydroxylation sites is 2. The Balaban J connectivity index is 1.60. The molecular weight excluding hydrogens is 418 g/mol. The zero-order chi connectivity index (χ0) is 22.5.